The number of hydrogen-bond acceptors (Lipinski definition) is 7. The van der Waals surface area contributed by atoms with Crippen LogP contribution in [0, 0.1) is 0 Å². The standard InChI is InChI=1S/C25H23N5O2S/c1-31-19-9-8-17(12-20(19)32-2)23-27-24-22-18-10-11-29(13-16-6-4-3-5-7-16)14-21(18)33-25(22)26-15-30(24)28-23/h3-9,12,15H,10-11,13-14H2,1-2H3. The molecule has 0 spiro atoms. The molecule has 0 fully saturated rings. The molecule has 0 unspecified atom stereocenters. The summed E-state index contributed by atoms with van der Waals surface area (Å²) >= 11 is 1.77. The number of hydrogen-bond donors (Lipinski definition) is 0. The quantitative estimate of drug-likeness (QED) is 0.385. The lowest BCUT2D eigenvalue weighted by Crippen LogP contribution is -2.29. The molecule has 0 N–H and O–H groups in total. The largest absolute Gasteiger partial charge is 0.493 e. The molecule has 166 valence electrons. The van der Waals surface area contributed by atoms with E-state index in [9.17, 15) is 0 Å². The number of rotatable bonds is 5. The van der Waals surface area contributed by atoms with E-state index in [4.69, 9.17) is 24.5 Å². The molecule has 0 bridgehead atoms. The van der Waals surface area contributed by atoms with E-state index >= 15 is 0 Å². The second-order valence-electron chi connectivity index (χ2n) is 8.15. The molecule has 8 heteroatoms. The van der Waals surface area contributed by atoms with Crippen molar-refractivity contribution in [3.63, 3.8) is 0 Å². The Bertz CT molecular complexity index is 1460. The Hall–Kier alpha value is -3.49. The van der Waals surface area contributed by atoms with Gasteiger partial charge in [0.2, 0.25) is 0 Å². The molecular formula is C25H23N5O2S. The van der Waals surface area contributed by atoms with Crippen molar-refractivity contribution in [3.8, 4) is 22.9 Å². The van der Waals surface area contributed by atoms with Crippen molar-refractivity contribution in [1.29, 1.82) is 0 Å². The van der Waals surface area contributed by atoms with Gasteiger partial charge in [0.15, 0.2) is 23.0 Å². The fourth-order valence-corrected chi connectivity index (χ4v) is 5.74. The highest BCUT2D eigenvalue weighted by molar-refractivity contribution is 7.19. The van der Waals surface area contributed by atoms with Gasteiger partial charge in [0.25, 0.3) is 0 Å². The third-order valence-electron chi connectivity index (χ3n) is 6.15. The molecule has 3 aromatic heterocycles. The predicted molar refractivity (Wildman–Crippen MR) is 129 cm³/mol. The van der Waals surface area contributed by atoms with Crippen LogP contribution in [0.2, 0.25) is 0 Å². The van der Waals surface area contributed by atoms with E-state index in [-0.39, 0.29) is 0 Å². The van der Waals surface area contributed by atoms with E-state index in [0.29, 0.717) is 17.3 Å². The van der Waals surface area contributed by atoms with Crippen LogP contribution in [0.5, 0.6) is 11.5 Å². The van der Waals surface area contributed by atoms with E-state index < -0.39 is 0 Å². The van der Waals surface area contributed by atoms with Gasteiger partial charge in [-0.05, 0) is 35.7 Å². The molecular weight excluding hydrogens is 434 g/mol. The summed E-state index contributed by atoms with van der Waals surface area (Å²) in [6.07, 6.45) is 2.75. The van der Waals surface area contributed by atoms with Gasteiger partial charge in [-0.3, -0.25) is 4.90 Å². The lowest BCUT2D eigenvalue weighted by atomic mass is 10.0. The highest BCUT2D eigenvalue weighted by Crippen LogP contribution is 2.37. The third-order valence-corrected chi connectivity index (χ3v) is 7.27. The fourth-order valence-electron chi connectivity index (χ4n) is 4.52. The van der Waals surface area contributed by atoms with Gasteiger partial charge >= 0.3 is 0 Å². The topological polar surface area (TPSA) is 64.8 Å². The van der Waals surface area contributed by atoms with Crippen molar-refractivity contribution in [2.45, 2.75) is 19.5 Å². The second kappa shape index (κ2) is 8.13. The van der Waals surface area contributed by atoms with Gasteiger partial charge in [0.05, 0.1) is 19.6 Å². The normalized spacial score (nSPS) is 14.0. The van der Waals surface area contributed by atoms with Crippen LogP contribution in [0.25, 0.3) is 27.3 Å². The maximum atomic E-state index is 5.45. The predicted octanol–water partition coefficient (Wildman–Crippen LogP) is 4.58. The van der Waals surface area contributed by atoms with Crippen LogP contribution in [-0.2, 0) is 19.5 Å². The minimum Gasteiger partial charge on any atom is -0.493 e. The van der Waals surface area contributed by atoms with Gasteiger partial charge in [-0.1, -0.05) is 30.3 Å². The number of methoxy groups -OCH3 is 2. The maximum Gasteiger partial charge on any atom is 0.182 e. The molecule has 5 aromatic rings. The average Bonchev–Trinajstić information content (AvgIpc) is 3.45. The Labute approximate surface area is 195 Å². The second-order valence-corrected chi connectivity index (χ2v) is 9.23. The third kappa shape index (κ3) is 3.51. The first-order chi connectivity index (χ1) is 16.2. The molecule has 0 saturated heterocycles. The number of benzene rings is 2. The smallest absolute Gasteiger partial charge is 0.182 e. The van der Waals surface area contributed by atoms with Gasteiger partial charge in [-0.25, -0.2) is 14.5 Å². The van der Waals surface area contributed by atoms with Crippen molar-refractivity contribution >= 4 is 27.2 Å². The summed E-state index contributed by atoms with van der Waals surface area (Å²) in [5.74, 6) is 1.98. The first-order valence-electron chi connectivity index (χ1n) is 10.9. The molecule has 6 rings (SSSR count). The fraction of sp³-hybridized carbons (Fsp3) is 0.240. The van der Waals surface area contributed by atoms with Gasteiger partial charge in [-0.2, -0.15) is 0 Å². The minimum atomic E-state index is 0.645. The molecule has 0 radical (unpaired) electrons. The summed E-state index contributed by atoms with van der Waals surface area (Å²) in [6.45, 7) is 2.92. The highest BCUT2D eigenvalue weighted by atomic mass is 32.1. The Morgan fingerprint density at radius 2 is 1.88 bits per heavy atom. The van der Waals surface area contributed by atoms with Crippen molar-refractivity contribution in [3.05, 3.63) is 70.9 Å². The molecule has 0 amide bonds. The van der Waals surface area contributed by atoms with Crippen LogP contribution in [0.1, 0.15) is 16.0 Å². The first kappa shape index (κ1) is 20.1. The summed E-state index contributed by atoms with van der Waals surface area (Å²) in [5, 5.41) is 5.84. The van der Waals surface area contributed by atoms with E-state index in [1.807, 2.05) is 18.2 Å². The summed E-state index contributed by atoms with van der Waals surface area (Å²) in [6, 6.07) is 16.4. The van der Waals surface area contributed by atoms with Gasteiger partial charge in [0, 0.05) is 30.1 Å². The zero-order valence-corrected chi connectivity index (χ0v) is 19.3. The van der Waals surface area contributed by atoms with E-state index in [1.54, 1.807) is 36.4 Å². The molecule has 1 aliphatic heterocycles. The van der Waals surface area contributed by atoms with Gasteiger partial charge in [-0.15, -0.1) is 16.4 Å². The Morgan fingerprint density at radius 3 is 2.70 bits per heavy atom. The monoisotopic (exact) mass is 457 g/mol. The molecule has 0 aliphatic carbocycles. The number of fused-ring (bicyclic) bond motifs is 5. The van der Waals surface area contributed by atoms with Gasteiger partial charge < -0.3 is 9.47 Å². The molecule has 33 heavy (non-hydrogen) atoms. The van der Waals surface area contributed by atoms with E-state index in [1.165, 1.54) is 16.0 Å². The van der Waals surface area contributed by atoms with E-state index in [0.717, 1.165) is 47.5 Å². The van der Waals surface area contributed by atoms with Crippen LogP contribution in [0.3, 0.4) is 0 Å². The lowest BCUT2D eigenvalue weighted by molar-refractivity contribution is 0.249. The SMILES string of the molecule is COc1ccc(-c2nc3c4c5c(sc4ncn3n2)CN(Cc2ccccc2)CC5)cc1OC. The number of nitrogens with zero attached hydrogens (tertiary/aromatic N) is 5. The zero-order chi connectivity index (χ0) is 22.4. The number of thiophene rings is 1. The summed E-state index contributed by atoms with van der Waals surface area (Å²) < 4.78 is 12.6. The maximum absolute atomic E-state index is 5.45. The molecule has 0 atom stereocenters. The zero-order valence-electron chi connectivity index (χ0n) is 18.5. The average molecular weight is 458 g/mol. The molecule has 1 aliphatic rings. The lowest BCUT2D eigenvalue weighted by Gasteiger charge is -2.26. The Balaban J connectivity index is 1.38. The van der Waals surface area contributed by atoms with Crippen molar-refractivity contribution in [2.75, 3.05) is 20.8 Å². The Kier molecular flexibility index (Phi) is 4.96. The van der Waals surface area contributed by atoms with Crippen LogP contribution >= 0.6 is 11.3 Å². The number of ether oxygens (including phenoxy) is 2. The van der Waals surface area contributed by atoms with Gasteiger partial charge in [0.1, 0.15) is 11.2 Å². The molecule has 2 aromatic carbocycles. The van der Waals surface area contributed by atoms with Crippen molar-refractivity contribution in [2.24, 2.45) is 0 Å². The van der Waals surface area contributed by atoms with Crippen LogP contribution < -0.4 is 9.47 Å². The first-order valence-corrected chi connectivity index (χ1v) is 11.7. The highest BCUT2D eigenvalue weighted by Gasteiger charge is 2.24. The Morgan fingerprint density at radius 1 is 1.03 bits per heavy atom. The molecule has 7 nitrogen and oxygen atoms in total. The van der Waals surface area contributed by atoms with Crippen molar-refractivity contribution in [1.82, 2.24) is 24.5 Å². The van der Waals surface area contributed by atoms with Crippen LogP contribution in [0.4, 0.5) is 0 Å². The van der Waals surface area contributed by atoms with E-state index in [2.05, 4.69) is 35.2 Å². The summed E-state index contributed by atoms with van der Waals surface area (Å²) in [5.41, 5.74) is 4.45. The van der Waals surface area contributed by atoms with Crippen molar-refractivity contribution < 1.29 is 9.47 Å². The molecule has 0 saturated carbocycles. The summed E-state index contributed by atoms with van der Waals surface area (Å²) in [7, 11) is 3.26. The van der Waals surface area contributed by atoms with Crippen LogP contribution in [-0.4, -0.2) is 45.2 Å². The minimum absolute atomic E-state index is 0.645. The summed E-state index contributed by atoms with van der Waals surface area (Å²) in [4.78, 5) is 14.5. The number of aromatic nitrogens is 4. The van der Waals surface area contributed by atoms with Crippen LogP contribution in [0.15, 0.2) is 54.9 Å². The molecule has 4 heterocycles.